The van der Waals surface area contributed by atoms with Crippen LogP contribution in [0.2, 0.25) is 0 Å². The number of aromatic nitrogens is 1. The zero-order valence-corrected chi connectivity index (χ0v) is 14.1. The van der Waals surface area contributed by atoms with Gasteiger partial charge < -0.3 is 10.6 Å². The summed E-state index contributed by atoms with van der Waals surface area (Å²) in [4.78, 5) is 28.4. The van der Waals surface area contributed by atoms with Crippen LogP contribution in [-0.2, 0) is 6.54 Å². The fourth-order valence-corrected chi connectivity index (χ4v) is 2.17. The summed E-state index contributed by atoms with van der Waals surface area (Å²) in [6.07, 6.45) is 4.32. The Bertz CT molecular complexity index is 684. The summed E-state index contributed by atoms with van der Waals surface area (Å²) in [7, 11) is 0. The quantitative estimate of drug-likeness (QED) is 0.822. The van der Waals surface area contributed by atoms with Crippen molar-refractivity contribution in [3.05, 3.63) is 65.5 Å². The van der Waals surface area contributed by atoms with Gasteiger partial charge in [-0.2, -0.15) is 0 Å². The Labute approximate surface area is 142 Å². The van der Waals surface area contributed by atoms with Crippen molar-refractivity contribution in [2.75, 3.05) is 6.54 Å². The molecule has 5 nitrogen and oxygen atoms in total. The van der Waals surface area contributed by atoms with Crippen molar-refractivity contribution in [1.82, 2.24) is 15.6 Å². The molecule has 0 radical (unpaired) electrons. The molecule has 5 heteroatoms. The van der Waals surface area contributed by atoms with Crippen molar-refractivity contribution in [2.45, 2.75) is 26.8 Å². The summed E-state index contributed by atoms with van der Waals surface area (Å²) in [5.41, 5.74) is 1.89. The van der Waals surface area contributed by atoms with Gasteiger partial charge in [-0.15, -0.1) is 0 Å². The van der Waals surface area contributed by atoms with Gasteiger partial charge in [0, 0.05) is 36.6 Å². The third-order valence-corrected chi connectivity index (χ3v) is 3.57. The molecular weight excluding hydrogens is 302 g/mol. The zero-order chi connectivity index (χ0) is 17.4. The summed E-state index contributed by atoms with van der Waals surface area (Å²) in [6.45, 7) is 5.25. The van der Waals surface area contributed by atoms with Crippen molar-refractivity contribution in [2.24, 2.45) is 5.92 Å². The fraction of sp³-hybridized carbons (Fsp3) is 0.316. The normalized spacial score (nSPS) is 10.5. The SMILES string of the molecule is CC(C)CCNC(=O)c1cccc(C(=O)NCc2cccnc2)c1. The highest BCUT2D eigenvalue weighted by Crippen LogP contribution is 2.07. The molecule has 126 valence electrons. The van der Waals surface area contributed by atoms with Gasteiger partial charge in [0.2, 0.25) is 0 Å². The zero-order valence-electron chi connectivity index (χ0n) is 14.1. The number of rotatable bonds is 7. The van der Waals surface area contributed by atoms with Crippen LogP contribution in [0.4, 0.5) is 0 Å². The molecule has 2 aromatic rings. The van der Waals surface area contributed by atoms with Gasteiger partial charge in [-0.1, -0.05) is 26.0 Å². The monoisotopic (exact) mass is 325 g/mol. The summed E-state index contributed by atoms with van der Waals surface area (Å²) < 4.78 is 0. The van der Waals surface area contributed by atoms with Crippen LogP contribution < -0.4 is 10.6 Å². The molecule has 0 bridgehead atoms. The van der Waals surface area contributed by atoms with Gasteiger partial charge in [0.15, 0.2) is 0 Å². The third kappa shape index (κ3) is 5.50. The lowest BCUT2D eigenvalue weighted by Crippen LogP contribution is -2.26. The maximum atomic E-state index is 12.2. The molecule has 0 aliphatic carbocycles. The summed E-state index contributed by atoms with van der Waals surface area (Å²) >= 11 is 0. The van der Waals surface area contributed by atoms with Gasteiger partial charge in [-0.3, -0.25) is 14.6 Å². The van der Waals surface area contributed by atoms with E-state index in [1.54, 1.807) is 36.7 Å². The smallest absolute Gasteiger partial charge is 0.251 e. The van der Waals surface area contributed by atoms with Gasteiger partial charge in [-0.25, -0.2) is 0 Å². The van der Waals surface area contributed by atoms with Crippen LogP contribution in [0.3, 0.4) is 0 Å². The average Bonchev–Trinajstić information content (AvgIpc) is 2.60. The first-order chi connectivity index (χ1) is 11.6. The number of amides is 2. The van der Waals surface area contributed by atoms with Crippen molar-refractivity contribution < 1.29 is 9.59 Å². The molecule has 0 saturated carbocycles. The van der Waals surface area contributed by atoms with E-state index in [1.807, 2.05) is 12.1 Å². The van der Waals surface area contributed by atoms with Crippen molar-refractivity contribution in [3.8, 4) is 0 Å². The Balaban J connectivity index is 1.93. The van der Waals surface area contributed by atoms with Crippen LogP contribution >= 0.6 is 0 Å². The first kappa shape index (κ1) is 17.7. The van der Waals surface area contributed by atoms with Crippen LogP contribution in [0, 0.1) is 5.92 Å². The lowest BCUT2D eigenvalue weighted by Gasteiger charge is -2.09. The Morgan fingerprint density at radius 2 is 1.75 bits per heavy atom. The maximum Gasteiger partial charge on any atom is 0.251 e. The number of hydrogen-bond donors (Lipinski definition) is 2. The topological polar surface area (TPSA) is 71.1 Å². The van der Waals surface area contributed by atoms with E-state index in [-0.39, 0.29) is 11.8 Å². The predicted molar refractivity (Wildman–Crippen MR) is 93.6 cm³/mol. The van der Waals surface area contributed by atoms with E-state index in [2.05, 4.69) is 29.5 Å². The Hall–Kier alpha value is -2.69. The highest BCUT2D eigenvalue weighted by molar-refractivity contribution is 5.99. The van der Waals surface area contributed by atoms with E-state index in [0.29, 0.717) is 30.1 Å². The van der Waals surface area contributed by atoms with Crippen LogP contribution in [-0.4, -0.2) is 23.3 Å². The fourth-order valence-electron chi connectivity index (χ4n) is 2.17. The molecule has 2 N–H and O–H groups in total. The number of nitrogens with one attached hydrogen (secondary N) is 2. The Kier molecular flexibility index (Phi) is 6.49. The lowest BCUT2D eigenvalue weighted by atomic mass is 10.1. The number of hydrogen-bond acceptors (Lipinski definition) is 3. The Morgan fingerprint density at radius 1 is 1.04 bits per heavy atom. The van der Waals surface area contributed by atoms with Gasteiger partial charge in [0.1, 0.15) is 0 Å². The molecule has 1 aromatic heterocycles. The molecule has 2 rings (SSSR count). The van der Waals surface area contributed by atoms with Gasteiger partial charge in [-0.05, 0) is 42.2 Å². The highest BCUT2D eigenvalue weighted by Gasteiger charge is 2.10. The van der Waals surface area contributed by atoms with E-state index >= 15 is 0 Å². The number of carbonyl (C=O) groups excluding carboxylic acids is 2. The molecule has 0 aliphatic rings. The summed E-state index contributed by atoms with van der Waals surface area (Å²) in [6, 6.07) is 10.5. The summed E-state index contributed by atoms with van der Waals surface area (Å²) in [5.74, 6) is 0.170. The first-order valence-corrected chi connectivity index (χ1v) is 8.11. The number of carbonyl (C=O) groups is 2. The second kappa shape index (κ2) is 8.82. The molecule has 1 aromatic carbocycles. The van der Waals surface area contributed by atoms with Crippen LogP contribution in [0.15, 0.2) is 48.8 Å². The number of pyridine rings is 1. The number of benzene rings is 1. The Morgan fingerprint density at radius 3 is 2.38 bits per heavy atom. The minimum absolute atomic E-state index is 0.155. The minimum Gasteiger partial charge on any atom is -0.352 e. The largest absolute Gasteiger partial charge is 0.352 e. The maximum absolute atomic E-state index is 12.2. The molecule has 2 amide bonds. The molecule has 0 atom stereocenters. The second-order valence-electron chi connectivity index (χ2n) is 6.06. The average molecular weight is 325 g/mol. The van der Waals surface area contributed by atoms with Crippen molar-refractivity contribution >= 4 is 11.8 Å². The molecule has 0 spiro atoms. The lowest BCUT2D eigenvalue weighted by molar-refractivity contribution is 0.0950. The van der Waals surface area contributed by atoms with Crippen molar-refractivity contribution in [1.29, 1.82) is 0 Å². The third-order valence-electron chi connectivity index (χ3n) is 3.57. The first-order valence-electron chi connectivity index (χ1n) is 8.11. The van der Waals surface area contributed by atoms with E-state index in [4.69, 9.17) is 0 Å². The van der Waals surface area contributed by atoms with Crippen molar-refractivity contribution in [3.63, 3.8) is 0 Å². The van der Waals surface area contributed by atoms with Crippen LogP contribution in [0.25, 0.3) is 0 Å². The molecular formula is C19H23N3O2. The van der Waals surface area contributed by atoms with E-state index in [0.717, 1.165) is 12.0 Å². The molecule has 0 saturated heterocycles. The van der Waals surface area contributed by atoms with E-state index in [1.165, 1.54) is 0 Å². The predicted octanol–water partition coefficient (Wildman–Crippen LogP) is 2.79. The second-order valence-corrected chi connectivity index (χ2v) is 6.06. The summed E-state index contributed by atoms with van der Waals surface area (Å²) in [5, 5.41) is 5.70. The molecule has 1 heterocycles. The van der Waals surface area contributed by atoms with E-state index in [9.17, 15) is 9.59 Å². The molecule has 0 unspecified atom stereocenters. The standard InChI is InChI=1S/C19H23N3O2/c1-14(2)8-10-21-18(23)16-6-3-7-17(11-16)19(24)22-13-15-5-4-9-20-12-15/h3-7,9,11-12,14H,8,10,13H2,1-2H3,(H,21,23)(H,22,24). The molecule has 0 fully saturated rings. The molecule has 0 aliphatic heterocycles. The number of nitrogens with zero attached hydrogens (tertiary/aromatic N) is 1. The van der Waals surface area contributed by atoms with E-state index < -0.39 is 0 Å². The van der Waals surface area contributed by atoms with Gasteiger partial charge in [0.25, 0.3) is 11.8 Å². The highest BCUT2D eigenvalue weighted by atomic mass is 16.2. The van der Waals surface area contributed by atoms with Crippen LogP contribution in [0.1, 0.15) is 46.5 Å². The van der Waals surface area contributed by atoms with Crippen LogP contribution in [0.5, 0.6) is 0 Å². The minimum atomic E-state index is -0.212. The van der Waals surface area contributed by atoms with Gasteiger partial charge >= 0.3 is 0 Å². The molecule has 24 heavy (non-hydrogen) atoms. The van der Waals surface area contributed by atoms with Gasteiger partial charge in [0.05, 0.1) is 0 Å².